The number of unbranched alkanes of at least 4 members (excludes halogenated alkanes) is 7. The zero-order chi connectivity index (χ0) is 27.6. The van der Waals surface area contributed by atoms with E-state index in [1.165, 1.54) is 38.7 Å². The molecule has 0 heterocycles. The number of rotatable bonds is 16. The Morgan fingerprint density at radius 1 is 1.03 bits per heavy atom. The van der Waals surface area contributed by atoms with Gasteiger partial charge in [-0.25, -0.2) is 0 Å². The molecule has 0 unspecified atom stereocenters. The van der Waals surface area contributed by atoms with E-state index in [0.29, 0.717) is 17.0 Å². The van der Waals surface area contributed by atoms with Gasteiger partial charge in [-0.1, -0.05) is 83.9 Å². The fourth-order valence-corrected chi connectivity index (χ4v) is 3.28. The maximum absolute atomic E-state index is 13.6. The van der Waals surface area contributed by atoms with Crippen LogP contribution in [0.1, 0.15) is 110 Å². The van der Waals surface area contributed by atoms with Crippen LogP contribution in [0.2, 0.25) is 0 Å². The maximum atomic E-state index is 13.6. The summed E-state index contributed by atoms with van der Waals surface area (Å²) < 4.78 is 46.3. The zero-order valence-electron chi connectivity index (χ0n) is 22.8. The lowest BCUT2D eigenvalue weighted by Gasteiger charge is -2.16. The molecule has 0 saturated heterocycles. The summed E-state index contributed by atoms with van der Waals surface area (Å²) in [5, 5.41) is 10.3. The molecule has 0 aliphatic rings. The Balaban J connectivity index is 0.00000283. The second-order valence-corrected chi connectivity index (χ2v) is 9.14. The van der Waals surface area contributed by atoms with Crippen LogP contribution in [0, 0.1) is 11.3 Å². The molecule has 0 amide bonds. The van der Waals surface area contributed by atoms with Crippen molar-refractivity contribution in [2.24, 2.45) is 16.8 Å². The van der Waals surface area contributed by atoms with Crippen LogP contribution < -0.4 is 10.5 Å². The van der Waals surface area contributed by atoms with E-state index in [2.05, 4.69) is 25.6 Å². The monoisotopic (exact) mass is 513 g/mol. The molecular weight excluding hydrogens is 467 g/mol. The molecule has 1 atom stereocenters. The predicted octanol–water partition coefficient (Wildman–Crippen LogP) is 8.86. The van der Waals surface area contributed by atoms with E-state index in [9.17, 15) is 13.2 Å². The number of amidine groups is 1. The summed E-state index contributed by atoms with van der Waals surface area (Å²) in [4.78, 5) is 5.38. The second kappa shape index (κ2) is 18.7. The minimum atomic E-state index is -4.51. The first-order chi connectivity index (χ1) is 16.9. The third kappa shape index (κ3) is 15.5. The van der Waals surface area contributed by atoms with Crippen molar-refractivity contribution in [3.05, 3.63) is 41.7 Å². The summed E-state index contributed by atoms with van der Waals surface area (Å²) in [6, 6.07) is 4.03. The smallest absolute Gasteiger partial charge is 0.419 e. The van der Waals surface area contributed by atoms with Gasteiger partial charge in [0.15, 0.2) is 0 Å². The third-order valence-corrected chi connectivity index (χ3v) is 5.55. The summed E-state index contributed by atoms with van der Waals surface area (Å²) in [5.41, 5.74) is 4.61. The highest BCUT2D eigenvalue weighted by Crippen LogP contribution is 2.37. The molecule has 0 aromatic heterocycles. The van der Waals surface area contributed by atoms with E-state index in [4.69, 9.17) is 20.7 Å². The molecule has 36 heavy (non-hydrogen) atoms. The fourth-order valence-electron chi connectivity index (χ4n) is 3.28. The topological polar surface area (TPSA) is 80.7 Å². The van der Waals surface area contributed by atoms with Crippen molar-refractivity contribution < 1.29 is 22.7 Å². The lowest BCUT2D eigenvalue weighted by atomic mass is 10.0. The Morgan fingerprint density at radius 2 is 1.58 bits per heavy atom. The molecule has 0 fully saturated rings. The van der Waals surface area contributed by atoms with Crippen molar-refractivity contribution in [2.75, 3.05) is 6.61 Å². The molecule has 0 bridgehead atoms. The van der Waals surface area contributed by atoms with Crippen molar-refractivity contribution in [3.8, 4) is 5.75 Å². The highest BCUT2D eigenvalue weighted by Gasteiger charge is 2.35. The molecule has 1 rings (SSSR count). The lowest BCUT2D eigenvalue weighted by molar-refractivity contribution is -0.139. The van der Waals surface area contributed by atoms with E-state index in [0.717, 1.165) is 44.6 Å². The van der Waals surface area contributed by atoms with Gasteiger partial charge in [-0.05, 0) is 50.5 Å². The number of alkyl halides is 3. The highest BCUT2D eigenvalue weighted by molar-refractivity contribution is 5.98. The van der Waals surface area contributed by atoms with Crippen LogP contribution in [0.3, 0.4) is 0 Å². The lowest BCUT2D eigenvalue weighted by Crippen LogP contribution is -2.11. The van der Waals surface area contributed by atoms with Crippen molar-refractivity contribution in [1.29, 1.82) is 5.41 Å². The van der Waals surface area contributed by atoms with Gasteiger partial charge in [0.2, 0.25) is 0 Å². The molecule has 0 aliphatic heterocycles. The summed E-state index contributed by atoms with van der Waals surface area (Å²) in [6.45, 7) is 13.6. The molecule has 1 aromatic carbocycles. The number of nitrogens with zero attached hydrogens (tertiary/aromatic N) is 1. The van der Waals surface area contributed by atoms with Crippen molar-refractivity contribution >= 4 is 11.5 Å². The number of benzene rings is 1. The molecule has 8 heteroatoms. The molecule has 1 aromatic rings. The minimum Gasteiger partial charge on any atom is -0.493 e. The average molecular weight is 514 g/mol. The van der Waals surface area contributed by atoms with E-state index in [-0.39, 0.29) is 24.1 Å². The molecule has 5 nitrogen and oxygen atoms in total. The number of nitrogens with one attached hydrogen (secondary N) is 1. The summed E-state index contributed by atoms with van der Waals surface area (Å²) in [6.07, 6.45) is 6.18. The second-order valence-electron chi connectivity index (χ2n) is 9.14. The molecular formula is C28H46F3N3O2. The van der Waals surface area contributed by atoms with Gasteiger partial charge in [0, 0.05) is 5.92 Å². The van der Waals surface area contributed by atoms with Gasteiger partial charge >= 0.3 is 6.18 Å². The van der Waals surface area contributed by atoms with E-state index in [1.807, 2.05) is 6.92 Å². The number of halogens is 3. The highest BCUT2D eigenvalue weighted by atomic mass is 19.4. The number of hydrogen-bond donors (Lipinski definition) is 2. The number of oxime groups is 1. The van der Waals surface area contributed by atoms with Gasteiger partial charge in [0.25, 0.3) is 0 Å². The molecule has 0 spiro atoms. The third-order valence-electron chi connectivity index (χ3n) is 5.55. The van der Waals surface area contributed by atoms with Gasteiger partial charge in [0.05, 0.1) is 23.7 Å². The normalized spacial score (nSPS) is 12.4. The fraction of sp³-hybridized carbons (Fsp3) is 0.643. The standard InChI is InChI=1S/C26H40F3NO2.C2H6N2/c1-6-8-10-11-12-13-14-18-31-25-17-16-23(19-24(25)26(27,28)29)21(4)30-32-22(5)20(3)15-9-7-2;1-2(3)4/h16-17,19-20H,5-15,18H2,1-4H3;1H3,(H3,3,4)/b30-21+;/t20-;/m0./s1. The molecule has 206 valence electrons. The van der Waals surface area contributed by atoms with Crippen molar-refractivity contribution in [1.82, 2.24) is 0 Å². The van der Waals surface area contributed by atoms with Crippen LogP contribution in [-0.4, -0.2) is 18.2 Å². The molecule has 0 aliphatic carbocycles. The maximum Gasteiger partial charge on any atom is 0.419 e. The van der Waals surface area contributed by atoms with E-state index < -0.39 is 11.7 Å². The number of ether oxygens (including phenoxy) is 1. The van der Waals surface area contributed by atoms with E-state index in [1.54, 1.807) is 13.0 Å². The molecule has 0 radical (unpaired) electrons. The first-order valence-corrected chi connectivity index (χ1v) is 13.0. The first kappa shape index (κ1) is 33.5. The van der Waals surface area contributed by atoms with Crippen LogP contribution in [0.25, 0.3) is 0 Å². The average Bonchev–Trinajstić information content (AvgIpc) is 2.81. The van der Waals surface area contributed by atoms with Crippen LogP contribution in [-0.2, 0) is 11.0 Å². The number of allylic oxidation sites excluding steroid dienone is 1. The number of hydrogen-bond acceptors (Lipinski definition) is 4. The van der Waals surface area contributed by atoms with Crippen LogP contribution in [0.4, 0.5) is 13.2 Å². The zero-order valence-corrected chi connectivity index (χ0v) is 22.8. The van der Waals surface area contributed by atoms with Crippen molar-refractivity contribution in [2.45, 2.75) is 105 Å². The van der Waals surface area contributed by atoms with E-state index >= 15 is 0 Å². The van der Waals surface area contributed by atoms with Gasteiger partial charge in [-0.2, -0.15) is 13.2 Å². The van der Waals surface area contributed by atoms with Crippen molar-refractivity contribution in [3.63, 3.8) is 0 Å². The predicted molar refractivity (Wildman–Crippen MR) is 144 cm³/mol. The minimum absolute atomic E-state index is 0.139. The van der Waals surface area contributed by atoms with Gasteiger partial charge in [-0.15, -0.1) is 0 Å². The Hall–Kier alpha value is -2.51. The van der Waals surface area contributed by atoms with Crippen LogP contribution in [0.5, 0.6) is 5.75 Å². The van der Waals surface area contributed by atoms with Gasteiger partial charge < -0.3 is 15.3 Å². The summed E-state index contributed by atoms with van der Waals surface area (Å²) in [7, 11) is 0. The van der Waals surface area contributed by atoms with Crippen LogP contribution in [0.15, 0.2) is 35.7 Å². The Labute approximate surface area is 215 Å². The van der Waals surface area contributed by atoms with Gasteiger partial charge in [-0.3, -0.25) is 5.41 Å². The Morgan fingerprint density at radius 3 is 2.14 bits per heavy atom. The largest absolute Gasteiger partial charge is 0.493 e. The first-order valence-electron chi connectivity index (χ1n) is 13.0. The Bertz CT molecular complexity index is 804. The van der Waals surface area contributed by atoms with Gasteiger partial charge in [0.1, 0.15) is 11.5 Å². The summed E-state index contributed by atoms with van der Waals surface area (Å²) in [5.74, 6) is 0.682. The van der Waals surface area contributed by atoms with Crippen LogP contribution >= 0.6 is 0 Å². The Kier molecular flexibility index (Phi) is 17.4. The molecule has 3 N–H and O–H groups in total. The quantitative estimate of drug-likeness (QED) is 0.0761. The summed E-state index contributed by atoms with van der Waals surface area (Å²) >= 11 is 0. The number of nitrogens with two attached hydrogens (primary N) is 1. The molecule has 0 saturated carbocycles. The SMILES string of the molecule is C=C(O/N=C(\C)c1ccc(OCCCCCCCCC)c(C(F)(F)F)c1)[C@@H](C)CCCC.CC(=N)N.